The first-order chi connectivity index (χ1) is 5.76. The molecule has 5 heteroatoms. The topological polar surface area (TPSA) is 62.7 Å². The lowest BCUT2D eigenvalue weighted by Crippen LogP contribution is -2.20. The molecule has 68 valence electrons. The Hall–Kier alpha value is -0.800. The van der Waals surface area contributed by atoms with Crippen LogP contribution in [0.4, 0.5) is 0 Å². The highest BCUT2D eigenvalue weighted by atomic mass is 32.2. The maximum absolute atomic E-state index is 11.0. The third kappa shape index (κ3) is 4.16. The van der Waals surface area contributed by atoms with Crippen LogP contribution < -0.4 is 0 Å². The molecule has 0 aromatic carbocycles. The van der Waals surface area contributed by atoms with Crippen LogP contribution in [0.2, 0.25) is 0 Å². The van der Waals surface area contributed by atoms with Crippen LogP contribution in [0.1, 0.15) is 13.8 Å². The van der Waals surface area contributed by atoms with Crippen LogP contribution in [0, 0.1) is 0 Å². The largest absolute Gasteiger partial charge is 0.457 e. The SMILES string of the molecule is CCOC(=O)C(CSCC)=[N+]=[N-]. The lowest BCUT2D eigenvalue weighted by Gasteiger charge is -1.95. The zero-order valence-corrected chi connectivity index (χ0v) is 8.06. The summed E-state index contributed by atoms with van der Waals surface area (Å²) >= 11 is 1.50. The van der Waals surface area contributed by atoms with Crippen LogP contribution in [0.25, 0.3) is 5.53 Å². The van der Waals surface area contributed by atoms with E-state index in [1.54, 1.807) is 6.92 Å². The summed E-state index contributed by atoms with van der Waals surface area (Å²) in [6, 6.07) is 0. The number of carbonyl (C=O) groups excluding carboxylic acids is 1. The van der Waals surface area contributed by atoms with Gasteiger partial charge in [-0.3, -0.25) is 0 Å². The Labute approximate surface area is 75.9 Å². The van der Waals surface area contributed by atoms with Gasteiger partial charge in [-0.2, -0.15) is 4.79 Å². The molecule has 0 bridgehead atoms. The molecular formula is C7H12N2O2S. The molecule has 0 aromatic rings. The fraction of sp³-hybridized carbons (Fsp3) is 0.714. The monoisotopic (exact) mass is 188 g/mol. The number of nitrogens with zero attached hydrogens (tertiary/aromatic N) is 2. The first-order valence-electron chi connectivity index (χ1n) is 3.72. The van der Waals surface area contributed by atoms with Crippen LogP contribution in [0.15, 0.2) is 0 Å². The number of hydrogen-bond acceptors (Lipinski definition) is 3. The minimum atomic E-state index is -0.541. The zero-order chi connectivity index (χ0) is 9.40. The van der Waals surface area contributed by atoms with Crippen molar-refractivity contribution >= 4 is 23.4 Å². The molecular weight excluding hydrogens is 176 g/mol. The van der Waals surface area contributed by atoms with Crippen LogP contribution >= 0.6 is 11.8 Å². The summed E-state index contributed by atoms with van der Waals surface area (Å²) in [5.74, 6) is 0.727. The highest BCUT2D eigenvalue weighted by Gasteiger charge is 2.20. The first-order valence-corrected chi connectivity index (χ1v) is 4.87. The molecule has 0 saturated heterocycles. The fourth-order valence-corrected chi connectivity index (χ4v) is 1.11. The van der Waals surface area contributed by atoms with Crippen molar-refractivity contribution in [3.05, 3.63) is 5.53 Å². The number of hydrogen-bond donors (Lipinski definition) is 0. The molecule has 0 aliphatic heterocycles. The van der Waals surface area contributed by atoms with E-state index in [-0.39, 0.29) is 5.71 Å². The van der Waals surface area contributed by atoms with E-state index < -0.39 is 5.97 Å². The summed E-state index contributed by atoms with van der Waals surface area (Å²) in [6.45, 7) is 3.97. The van der Waals surface area contributed by atoms with Gasteiger partial charge < -0.3 is 10.3 Å². The number of ether oxygens (including phenoxy) is 1. The molecule has 0 amide bonds. The van der Waals surface area contributed by atoms with Gasteiger partial charge in [0, 0.05) is 0 Å². The van der Waals surface area contributed by atoms with Crippen molar-refractivity contribution in [2.45, 2.75) is 13.8 Å². The van der Waals surface area contributed by atoms with Gasteiger partial charge in [-0.1, -0.05) is 6.92 Å². The molecule has 0 spiro atoms. The average molecular weight is 188 g/mol. The van der Waals surface area contributed by atoms with Crippen molar-refractivity contribution in [2.75, 3.05) is 18.1 Å². The Bertz CT molecular complexity index is 200. The maximum atomic E-state index is 11.0. The third-order valence-electron chi connectivity index (χ3n) is 1.07. The minimum Gasteiger partial charge on any atom is -0.457 e. The average Bonchev–Trinajstić information content (AvgIpc) is 2.06. The maximum Gasteiger partial charge on any atom is 0.417 e. The summed E-state index contributed by atoms with van der Waals surface area (Å²) in [7, 11) is 0. The molecule has 0 unspecified atom stereocenters. The number of carbonyl (C=O) groups is 1. The van der Waals surface area contributed by atoms with Crippen molar-refractivity contribution in [3.63, 3.8) is 0 Å². The predicted octanol–water partition coefficient (Wildman–Crippen LogP) is 0.973. The number of rotatable bonds is 5. The molecule has 0 N–H and O–H groups in total. The second kappa shape index (κ2) is 6.88. The third-order valence-corrected chi connectivity index (χ3v) is 1.96. The van der Waals surface area contributed by atoms with E-state index in [1.165, 1.54) is 11.8 Å². The Morgan fingerprint density at radius 3 is 2.67 bits per heavy atom. The number of esters is 1. The summed E-state index contributed by atoms with van der Waals surface area (Å²) in [4.78, 5) is 13.8. The zero-order valence-electron chi connectivity index (χ0n) is 7.24. The van der Waals surface area contributed by atoms with E-state index in [0.717, 1.165) is 5.75 Å². The molecule has 12 heavy (non-hydrogen) atoms. The van der Waals surface area contributed by atoms with Gasteiger partial charge in [-0.25, -0.2) is 4.79 Å². The smallest absolute Gasteiger partial charge is 0.417 e. The Morgan fingerprint density at radius 1 is 1.58 bits per heavy atom. The van der Waals surface area contributed by atoms with Gasteiger partial charge in [0.2, 0.25) is 0 Å². The lowest BCUT2D eigenvalue weighted by atomic mass is 10.4. The van der Waals surface area contributed by atoms with Crippen molar-refractivity contribution in [3.8, 4) is 0 Å². The molecule has 0 rings (SSSR count). The molecule has 0 radical (unpaired) electrons. The standard InChI is InChI=1S/C7H12N2O2S/c1-3-11-7(10)6(9-8)5-12-4-2/h3-5H2,1-2H3. The van der Waals surface area contributed by atoms with Crippen LogP contribution in [0.3, 0.4) is 0 Å². The van der Waals surface area contributed by atoms with Gasteiger partial charge in [-0.15, -0.1) is 11.8 Å². The predicted molar refractivity (Wildman–Crippen MR) is 48.3 cm³/mol. The van der Waals surface area contributed by atoms with Gasteiger partial charge in [-0.05, 0) is 12.7 Å². The van der Waals surface area contributed by atoms with E-state index in [0.29, 0.717) is 12.4 Å². The van der Waals surface area contributed by atoms with Crippen molar-refractivity contribution in [1.82, 2.24) is 0 Å². The Balaban J connectivity index is 3.99. The molecule has 0 heterocycles. The highest BCUT2D eigenvalue weighted by molar-refractivity contribution is 8.00. The minimum absolute atomic E-state index is 0.0729. The van der Waals surface area contributed by atoms with Crippen molar-refractivity contribution in [1.29, 1.82) is 0 Å². The van der Waals surface area contributed by atoms with Crippen molar-refractivity contribution < 1.29 is 14.3 Å². The summed E-state index contributed by atoms with van der Waals surface area (Å²) < 4.78 is 4.65. The Morgan fingerprint density at radius 2 is 2.25 bits per heavy atom. The second-order valence-corrected chi connectivity index (χ2v) is 3.18. The number of thioether (sulfide) groups is 1. The normalized spacial score (nSPS) is 8.83. The fourth-order valence-electron chi connectivity index (χ4n) is 0.542. The van der Waals surface area contributed by atoms with Crippen LogP contribution in [0.5, 0.6) is 0 Å². The molecule has 0 fully saturated rings. The molecule has 0 saturated carbocycles. The molecule has 4 nitrogen and oxygen atoms in total. The molecule has 0 aliphatic carbocycles. The highest BCUT2D eigenvalue weighted by Crippen LogP contribution is 1.98. The van der Waals surface area contributed by atoms with Crippen LogP contribution in [-0.4, -0.2) is 34.6 Å². The Kier molecular flexibility index (Phi) is 6.42. The second-order valence-electron chi connectivity index (χ2n) is 1.90. The van der Waals surface area contributed by atoms with Gasteiger partial charge in [0.25, 0.3) is 0 Å². The summed E-state index contributed by atoms with van der Waals surface area (Å²) in [5.41, 5.74) is 8.50. The van der Waals surface area contributed by atoms with Gasteiger partial charge >= 0.3 is 11.7 Å². The molecule has 0 aliphatic rings. The van der Waals surface area contributed by atoms with Gasteiger partial charge in [0.05, 0.1) is 6.61 Å². The van der Waals surface area contributed by atoms with E-state index in [9.17, 15) is 4.79 Å². The van der Waals surface area contributed by atoms with Gasteiger partial charge in [0.1, 0.15) is 5.75 Å². The molecule has 0 aromatic heterocycles. The summed E-state index contributed by atoms with van der Waals surface area (Å²) in [5, 5.41) is 0. The summed E-state index contributed by atoms with van der Waals surface area (Å²) in [6.07, 6.45) is 0. The molecule has 0 atom stereocenters. The van der Waals surface area contributed by atoms with E-state index >= 15 is 0 Å². The van der Waals surface area contributed by atoms with Gasteiger partial charge in [0.15, 0.2) is 0 Å². The quantitative estimate of drug-likeness (QED) is 0.279. The van der Waals surface area contributed by atoms with E-state index in [4.69, 9.17) is 5.53 Å². The van der Waals surface area contributed by atoms with E-state index in [2.05, 4.69) is 9.53 Å². The van der Waals surface area contributed by atoms with Crippen LogP contribution in [-0.2, 0) is 9.53 Å². The van der Waals surface area contributed by atoms with E-state index in [1.807, 2.05) is 6.92 Å². The lowest BCUT2D eigenvalue weighted by molar-refractivity contribution is -0.139. The first kappa shape index (κ1) is 11.2. The van der Waals surface area contributed by atoms with Crippen molar-refractivity contribution in [2.24, 2.45) is 0 Å².